The molecule has 7 heteroatoms. The van der Waals surface area contributed by atoms with Gasteiger partial charge in [-0.2, -0.15) is 0 Å². The summed E-state index contributed by atoms with van der Waals surface area (Å²) in [6, 6.07) is 2.83. The highest BCUT2D eigenvalue weighted by molar-refractivity contribution is 7.10. The van der Waals surface area contributed by atoms with Crippen LogP contribution in [0.2, 0.25) is 0 Å². The number of hydrogen-bond acceptors (Lipinski definition) is 4. The molecule has 0 saturated heterocycles. The van der Waals surface area contributed by atoms with Crippen molar-refractivity contribution in [2.45, 2.75) is 13.0 Å². The molecule has 0 fully saturated rings. The molecule has 1 aromatic heterocycles. The van der Waals surface area contributed by atoms with Crippen molar-refractivity contribution < 1.29 is 14.3 Å². The molecular formula is C12H13ClN2O3S. The van der Waals surface area contributed by atoms with Crippen molar-refractivity contribution in [2.24, 2.45) is 0 Å². The first-order valence-electron chi connectivity index (χ1n) is 5.74. The van der Waals surface area contributed by atoms with Gasteiger partial charge in [0.25, 0.3) is 0 Å². The lowest BCUT2D eigenvalue weighted by Gasteiger charge is -2.27. The number of carbonyl (C=O) groups excluding carboxylic acids is 2. The topological polar surface area (TPSA) is 67.4 Å². The van der Waals surface area contributed by atoms with Gasteiger partial charge in [-0.1, -0.05) is 6.07 Å². The summed E-state index contributed by atoms with van der Waals surface area (Å²) in [5.74, 6) is -0.423. The first-order valence-corrected chi connectivity index (χ1v) is 7.15. The average molecular weight is 301 g/mol. The Balaban J connectivity index is 2.43. The van der Waals surface area contributed by atoms with Crippen LogP contribution < -0.4 is 10.6 Å². The van der Waals surface area contributed by atoms with Crippen LogP contribution in [0.4, 0.5) is 4.79 Å². The predicted octanol–water partition coefficient (Wildman–Crippen LogP) is 2.16. The third-order valence-electron chi connectivity index (χ3n) is 2.61. The highest BCUT2D eigenvalue weighted by Gasteiger charge is 2.33. The Kier molecular flexibility index (Phi) is 4.44. The van der Waals surface area contributed by atoms with E-state index >= 15 is 0 Å². The number of urea groups is 1. The lowest BCUT2D eigenvalue weighted by Crippen LogP contribution is -2.46. The fraction of sp³-hybridized carbons (Fsp3) is 0.333. The third-order valence-corrected chi connectivity index (χ3v) is 3.81. The van der Waals surface area contributed by atoms with E-state index in [-0.39, 0.29) is 18.5 Å². The number of alkyl halides is 1. The SMILES string of the molecule is CCOC(=O)C1=C(CCl)NC(=O)N[C@H]1c1cccs1. The zero-order valence-corrected chi connectivity index (χ0v) is 11.8. The number of allylic oxidation sites excluding steroid dienone is 1. The lowest BCUT2D eigenvalue weighted by molar-refractivity contribution is -0.139. The first kappa shape index (κ1) is 13.9. The summed E-state index contributed by atoms with van der Waals surface area (Å²) in [5, 5.41) is 7.15. The zero-order chi connectivity index (χ0) is 13.8. The molecule has 0 bridgehead atoms. The summed E-state index contributed by atoms with van der Waals surface area (Å²) in [4.78, 5) is 24.5. The minimum Gasteiger partial charge on any atom is -0.463 e. The van der Waals surface area contributed by atoms with Gasteiger partial charge in [-0.25, -0.2) is 9.59 Å². The van der Waals surface area contributed by atoms with E-state index in [0.717, 1.165) is 4.88 Å². The van der Waals surface area contributed by atoms with E-state index in [2.05, 4.69) is 10.6 Å². The van der Waals surface area contributed by atoms with Gasteiger partial charge in [0.2, 0.25) is 0 Å². The van der Waals surface area contributed by atoms with Gasteiger partial charge >= 0.3 is 12.0 Å². The van der Waals surface area contributed by atoms with Crippen molar-refractivity contribution in [3.63, 3.8) is 0 Å². The van der Waals surface area contributed by atoms with Crippen molar-refractivity contribution in [3.8, 4) is 0 Å². The van der Waals surface area contributed by atoms with Crippen LogP contribution in [-0.4, -0.2) is 24.5 Å². The van der Waals surface area contributed by atoms with Gasteiger partial charge in [0.15, 0.2) is 0 Å². The minimum atomic E-state index is -0.512. The summed E-state index contributed by atoms with van der Waals surface area (Å²) >= 11 is 7.26. The molecule has 0 radical (unpaired) electrons. The molecule has 0 saturated carbocycles. The van der Waals surface area contributed by atoms with Crippen molar-refractivity contribution in [2.75, 3.05) is 12.5 Å². The molecule has 2 rings (SSSR count). The van der Waals surface area contributed by atoms with Crippen LogP contribution in [0.5, 0.6) is 0 Å². The van der Waals surface area contributed by atoms with Gasteiger partial charge in [-0.05, 0) is 18.4 Å². The maximum absolute atomic E-state index is 12.1. The quantitative estimate of drug-likeness (QED) is 0.661. The molecule has 0 aliphatic carbocycles. The molecule has 2 N–H and O–H groups in total. The number of halogens is 1. The molecule has 5 nitrogen and oxygen atoms in total. The molecule has 1 atom stereocenters. The molecule has 0 unspecified atom stereocenters. The van der Waals surface area contributed by atoms with Crippen molar-refractivity contribution in [1.29, 1.82) is 0 Å². The number of ether oxygens (including phenoxy) is 1. The molecule has 1 aliphatic heterocycles. The number of nitrogens with one attached hydrogen (secondary N) is 2. The van der Waals surface area contributed by atoms with E-state index in [4.69, 9.17) is 16.3 Å². The Morgan fingerprint density at radius 1 is 1.58 bits per heavy atom. The molecular weight excluding hydrogens is 288 g/mol. The van der Waals surface area contributed by atoms with E-state index < -0.39 is 12.0 Å². The van der Waals surface area contributed by atoms with Crippen molar-refractivity contribution >= 4 is 34.9 Å². The van der Waals surface area contributed by atoms with Gasteiger partial charge in [-0.15, -0.1) is 22.9 Å². The second kappa shape index (κ2) is 6.08. The Morgan fingerprint density at radius 3 is 2.95 bits per heavy atom. The second-order valence-corrected chi connectivity index (χ2v) is 5.04. The highest BCUT2D eigenvalue weighted by Crippen LogP contribution is 2.30. The number of carbonyl (C=O) groups is 2. The monoisotopic (exact) mass is 300 g/mol. The Hall–Kier alpha value is -1.53. The van der Waals surface area contributed by atoms with Gasteiger partial charge in [0, 0.05) is 10.6 Å². The molecule has 2 amide bonds. The lowest BCUT2D eigenvalue weighted by atomic mass is 10.0. The molecule has 0 spiro atoms. The van der Waals surface area contributed by atoms with Crippen LogP contribution in [0.1, 0.15) is 17.8 Å². The van der Waals surface area contributed by atoms with Gasteiger partial charge in [0.05, 0.1) is 24.1 Å². The van der Waals surface area contributed by atoms with Crippen LogP contribution >= 0.6 is 22.9 Å². The number of esters is 1. The maximum atomic E-state index is 12.1. The molecule has 0 aromatic carbocycles. The van der Waals surface area contributed by atoms with Crippen LogP contribution in [-0.2, 0) is 9.53 Å². The third kappa shape index (κ3) is 2.90. The Morgan fingerprint density at radius 2 is 2.37 bits per heavy atom. The van der Waals surface area contributed by atoms with Crippen molar-refractivity contribution in [3.05, 3.63) is 33.7 Å². The van der Waals surface area contributed by atoms with Crippen molar-refractivity contribution in [1.82, 2.24) is 10.6 Å². The molecule has 1 aromatic rings. The van der Waals surface area contributed by atoms with Crippen LogP contribution in [0.25, 0.3) is 0 Å². The predicted molar refractivity (Wildman–Crippen MR) is 73.1 cm³/mol. The first-order chi connectivity index (χ1) is 9.17. The number of thiophene rings is 1. The fourth-order valence-electron chi connectivity index (χ4n) is 1.84. The summed E-state index contributed by atoms with van der Waals surface area (Å²) in [6.07, 6.45) is 0. The number of amides is 2. The maximum Gasteiger partial charge on any atom is 0.338 e. The Bertz CT molecular complexity index is 513. The molecule has 1 aliphatic rings. The summed E-state index contributed by atoms with van der Waals surface area (Å²) in [6.45, 7) is 2.00. The average Bonchev–Trinajstić information content (AvgIpc) is 2.91. The molecule has 2 heterocycles. The summed E-state index contributed by atoms with van der Waals surface area (Å²) in [5.41, 5.74) is 0.751. The van der Waals surface area contributed by atoms with Crippen LogP contribution in [0.3, 0.4) is 0 Å². The van der Waals surface area contributed by atoms with Gasteiger partial charge < -0.3 is 15.4 Å². The number of hydrogen-bond donors (Lipinski definition) is 2. The largest absolute Gasteiger partial charge is 0.463 e. The van der Waals surface area contributed by atoms with E-state index in [1.807, 2.05) is 17.5 Å². The van der Waals surface area contributed by atoms with E-state index in [1.165, 1.54) is 11.3 Å². The summed E-state index contributed by atoms with van der Waals surface area (Å²) < 4.78 is 5.03. The smallest absolute Gasteiger partial charge is 0.338 e. The minimum absolute atomic E-state index is 0.0451. The number of rotatable bonds is 4. The normalized spacial score (nSPS) is 18.8. The van der Waals surface area contributed by atoms with E-state index in [0.29, 0.717) is 11.3 Å². The van der Waals surface area contributed by atoms with Crippen LogP contribution in [0, 0.1) is 0 Å². The van der Waals surface area contributed by atoms with Crippen LogP contribution in [0.15, 0.2) is 28.8 Å². The Labute approximate surface area is 119 Å². The molecule has 102 valence electrons. The van der Waals surface area contributed by atoms with Gasteiger partial charge in [0.1, 0.15) is 0 Å². The molecule has 19 heavy (non-hydrogen) atoms. The zero-order valence-electron chi connectivity index (χ0n) is 10.2. The van der Waals surface area contributed by atoms with E-state index in [9.17, 15) is 9.59 Å². The standard InChI is InChI=1S/C12H13ClN2O3S/c1-2-18-11(16)9-7(6-13)14-12(17)15-10(9)8-4-3-5-19-8/h3-5,10H,2,6H2,1H3,(H2,14,15,17)/t10-/m0/s1. The second-order valence-electron chi connectivity index (χ2n) is 3.79. The fourth-order valence-corrected chi connectivity index (χ4v) is 2.84. The highest BCUT2D eigenvalue weighted by atomic mass is 35.5. The van der Waals surface area contributed by atoms with Gasteiger partial charge in [-0.3, -0.25) is 0 Å². The van der Waals surface area contributed by atoms with E-state index in [1.54, 1.807) is 6.92 Å². The summed E-state index contributed by atoms with van der Waals surface area (Å²) in [7, 11) is 0.